The van der Waals surface area contributed by atoms with Gasteiger partial charge in [-0.15, -0.1) is 5.10 Å². The van der Waals surface area contributed by atoms with Gasteiger partial charge in [0.2, 0.25) is 0 Å². The summed E-state index contributed by atoms with van der Waals surface area (Å²) in [6, 6.07) is 0.131. The molecule has 0 aliphatic carbocycles. The van der Waals surface area contributed by atoms with E-state index < -0.39 is 0 Å². The largest absolute Gasteiger partial charge is 0.384 e. The van der Waals surface area contributed by atoms with E-state index in [0.29, 0.717) is 5.92 Å². The van der Waals surface area contributed by atoms with Gasteiger partial charge in [0.1, 0.15) is 0 Å². The van der Waals surface area contributed by atoms with Gasteiger partial charge < -0.3 is 10.5 Å². The van der Waals surface area contributed by atoms with Crippen molar-refractivity contribution in [1.82, 2.24) is 15.0 Å². The van der Waals surface area contributed by atoms with Crippen molar-refractivity contribution in [1.29, 1.82) is 0 Å². The van der Waals surface area contributed by atoms with Gasteiger partial charge in [0.05, 0.1) is 5.69 Å². The monoisotopic (exact) mass is 212 g/mol. The topological polar surface area (TPSA) is 66.0 Å². The molecule has 0 saturated carbocycles. The molecular formula is C10H20N4O. The first-order valence-corrected chi connectivity index (χ1v) is 5.21. The molecule has 86 valence electrons. The second-order valence-corrected chi connectivity index (χ2v) is 4.14. The molecule has 2 atom stereocenters. The predicted molar refractivity (Wildman–Crippen MR) is 58.3 cm³/mol. The molecule has 0 amide bonds. The van der Waals surface area contributed by atoms with E-state index in [0.717, 1.165) is 25.1 Å². The van der Waals surface area contributed by atoms with Crippen molar-refractivity contribution in [2.45, 2.75) is 25.8 Å². The van der Waals surface area contributed by atoms with E-state index in [1.54, 1.807) is 11.8 Å². The quantitative estimate of drug-likeness (QED) is 0.739. The van der Waals surface area contributed by atoms with Crippen LogP contribution >= 0.6 is 0 Å². The summed E-state index contributed by atoms with van der Waals surface area (Å²) in [5.41, 5.74) is 6.97. The number of ether oxygens (including phenoxy) is 1. The molecule has 0 aliphatic rings. The molecule has 0 saturated heterocycles. The zero-order chi connectivity index (χ0) is 11.3. The summed E-state index contributed by atoms with van der Waals surface area (Å²) in [6.07, 6.45) is 3.63. The summed E-state index contributed by atoms with van der Waals surface area (Å²) in [6.45, 7) is 2.90. The number of hydrogen-bond acceptors (Lipinski definition) is 4. The van der Waals surface area contributed by atoms with Crippen LogP contribution in [0.3, 0.4) is 0 Å². The highest BCUT2D eigenvalue weighted by Crippen LogP contribution is 2.08. The average Bonchev–Trinajstić information content (AvgIpc) is 2.51. The fourth-order valence-corrected chi connectivity index (χ4v) is 1.71. The van der Waals surface area contributed by atoms with Gasteiger partial charge in [-0.3, -0.25) is 4.68 Å². The minimum absolute atomic E-state index is 0.131. The third-order valence-electron chi connectivity index (χ3n) is 2.28. The Morgan fingerprint density at radius 2 is 2.33 bits per heavy atom. The maximum atomic E-state index is 6.01. The molecule has 15 heavy (non-hydrogen) atoms. The lowest BCUT2D eigenvalue weighted by atomic mass is 10.00. The highest BCUT2D eigenvalue weighted by molar-refractivity contribution is 4.95. The van der Waals surface area contributed by atoms with Crippen molar-refractivity contribution in [3.63, 3.8) is 0 Å². The Kier molecular flexibility index (Phi) is 4.71. The second kappa shape index (κ2) is 5.82. The van der Waals surface area contributed by atoms with Crippen LogP contribution in [0.25, 0.3) is 0 Å². The van der Waals surface area contributed by atoms with Crippen LogP contribution in [-0.2, 0) is 18.2 Å². The molecule has 0 spiro atoms. The Labute approximate surface area is 90.6 Å². The van der Waals surface area contributed by atoms with Crippen molar-refractivity contribution in [2.24, 2.45) is 18.7 Å². The van der Waals surface area contributed by atoms with Gasteiger partial charge in [0.15, 0.2) is 0 Å². The Hall–Kier alpha value is -0.940. The maximum Gasteiger partial charge on any atom is 0.0842 e. The van der Waals surface area contributed by atoms with Crippen molar-refractivity contribution in [3.8, 4) is 0 Å². The van der Waals surface area contributed by atoms with Gasteiger partial charge in [-0.25, -0.2) is 0 Å². The highest BCUT2D eigenvalue weighted by Gasteiger charge is 2.11. The first kappa shape index (κ1) is 12.1. The molecule has 1 aromatic rings. The Morgan fingerprint density at radius 3 is 2.87 bits per heavy atom. The Bertz CT molecular complexity index is 287. The van der Waals surface area contributed by atoms with E-state index in [9.17, 15) is 0 Å². The van der Waals surface area contributed by atoms with Gasteiger partial charge in [-0.05, 0) is 12.3 Å². The summed E-state index contributed by atoms with van der Waals surface area (Å²) in [4.78, 5) is 0. The predicted octanol–water partition coefficient (Wildman–Crippen LogP) is 0.357. The van der Waals surface area contributed by atoms with Gasteiger partial charge in [-0.1, -0.05) is 12.1 Å². The summed E-state index contributed by atoms with van der Waals surface area (Å²) in [5.74, 6) is 0.488. The Balaban J connectivity index is 2.32. The fourth-order valence-electron chi connectivity index (χ4n) is 1.71. The maximum absolute atomic E-state index is 6.01. The van der Waals surface area contributed by atoms with Crippen LogP contribution in [0.4, 0.5) is 0 Å². The number of nitrogens with zero attached hydrogens (tertiary/aromatic N) is 3. The third kappa shape index (κ3) is 4.40. The van der Waals surface area contributed by atoms with Gasteiger partial charge >= 0.3 is 0 Å². The minimum atomic E-state index is 0.131. The second-order valence-electron chi connectivity index (χ2n) is 4.14. The first-order chi connectivity index (χ1) is 7.11. The molecule has 1 rings (SSSR count). The lowest BCUT2D eigenvalue weighted by molar-refractivity contribution is 0.152. The van der Waals surface area contributed by atoms with Crippen molar-refractivity contribution in [3.05, 3.63) is 11.9 Å². The van der Waals surface area contributed by atoms with Crippen LogP contribution < -0.4 is 5.73 Å². The lowest BCUT2D eigenvalue weighted by Gasteiger charge is -2.15. The molecule has 0 aliphatic heterocycles. The number of aryl methyl sites for hydroxylation is 1. The molecular weight excluding hydrogens is 192 g/mol. The van der Waals surface area contributed by atoms with Crippen LogP contribution in [0.2, 0.25) is 0 Å². The normalized spacial score (nSPS) is 15.2. The van der Waals surface area contributed by atoms with Gasteiger partial charge in [0.25, 0.3) is 0 Å². The lowest BCUT2D eigenvalue weighted by Crippen LogP contribution is -2.26. The number of hydrogen-bond donors (Lipinski definition) is 1. The van der Waals surface area contributed by atoms with E-state index in [2.05, 4.69) is 17.2 Å². The smallest absolute Gasteiger partial charge is 0.0842 e. The molecule has 1 aromatic heterocycles. The summed E-state index contributed by atoms with van der Waals surface area (Å²) >= 11 is 0. The van der Waals surface area contributed by atoms with E-state index >= 15 is 0 Å². The molecule has 2 N–H and O–H groups in total. The summed E-state index contributed by atoms with van der Waals surface area (Å²) < 4.78 is 6.77. The van der Waals surface area contributed by atoms with Crippen LogP contribution in [0.5, 0.6) is 0 Å². The number of aromatic nitrogens is 3. The summed E-state index contributed by atoms with van der Waals surface area (Å²) in [7, 11) is 3.57. The van der Waals surface area contributed by atoms with Crippen molar-refractivity contribution < 1.29 is 4.74 Å². The zero-order valence-electron chi connectivity index (χ0n) is 9.68. The molecule has 5 heteroatoms. The standard InChI is InChI=1S/C10H20N4O/c1-8(7-15-3)4-9(11)5-10-6-14(2)13-12-10/h6,8-9H,4-5,7,11H2,1-3H3. The zero-order valence-corrected chi connectivity index (χ0v) is 9.68. The molecule has 0 fully saturated rings. The van der Waals surface area contributed by atoms with Gasteiger partial charge in [0, 0.05) is 39.4 Å². The number of methoxy groups -OCH3 is 1. The number of rotatable bonds is 6. The van der Waals surface area contributed by atoms with E-state index in [1.165, 1.54) is 0 Å². The van der Waals surface area contributed by atoms with E-state index in [1.807, 2.05) is 13.2 Å². The molecule has 2 unspecified atom stereocenters. The average molecular weight is 212 g/mol. The van der Waals surface area contributed by atoms with E-state index in [-0.39, 0.29) is 6.04 Å². The van der Waals surface area contributed by atoms with E-state index in [4.69, 9.17) is 10.5 Å². The van der Waals surface area contributed by atoms with Gasteiger partial charge in [-0.2, -0.15) is 0 Å². The van der Waals surface area contributed by atoms with Crippen LogP contribution in [0.1, 0.15) is 19.0 Å². The minimum Gasteiger partial charge on any atom is -0.384 e. The first-order valence-electron chi connectivity index (χ1n) is 5.21. The van der Waals surface area contributed by atoms with Crippen LogP contribution in [-0.4, -0.2) is 34.8 Å². The highest BCUT2D eigenvalue weighted by atomic mass is 16.5. The van der Waals surface area contributed by atoms with Crippen LogP contribution in [0.15, 0.2) is 6.20 Å². The molecule has 0 radical (unpaired) electrons. The van der Waals surface area contributed by atoms with Crippen molar-refractivity contribution >= 4 is 0 Å². The van der Waals surface area contributed by atoms with Crippen LogP contribution in [0, 0.1) is 5.92 Å². The summed E-state index contributed by atoms with van der Waals surface area (Å²) in [5, 5.41) is 7.88. The molecule has 1 heterocycles. The molecule has 0 bridgehead atoms. The SMILES string of the molecule is COCC(C)CC(N)Cc1cn(C)nn1. The molecule has 5 nitrogen and oxygen atoms in total. The molecule has 0 aromatic carbocycles. The number of nitrogens with two attached hydrogens (primary N) is 1. The fraction of sp³-hybridized carbons (Fsp3) is 0.800. The Morgan fingerprint density at radius 1 is 1.60 bits per heavy atom. The third-order valence-corrected chi connectivity index (χ3v) is 2.28. The van der Waals surface area contributed by atoms with Crippen molar-refractivity contribution in [2.75, 3.05) is 13.7 Å².